The number of ether oxygens (including phenoxy) is 3. The van der Waals surface area contributed by atoms with Gasteiger partial charge in [0.1, 0.15) is 12.6 Å². The summed E-state index contributed by atoms with van der Waals surface area (Å²) in [5, 5.41) is 0. The van der Waals surface area contributed by atoms with Gasteiger partial charge in [-0.05, 0) is 19.4 Å². The predicted octanol–water partition coefficient (Wildman–Crippen LogP) is 1.83. The van der Waals surface area contributed by atoms with Crippen LogP contribution in [-0.4, -0.2) is 73.3 Å². The van der Waals surface area contributed by atoms with Crippen LogP contribution in [0.2, 0.25) is 0 Å². The Bertz CT molecular complexity index is 651. The monoisotopic (exact) mass is 392 g/mol. The average molecular weight is 392 g/mol. The van der Waals surface area contributed by atoms with E-state index in [-0.39, 0.29) is 25.6 Å². The summed E-state index contributed by atoms with van der Waals surface area (Å²) >= 11 is 0. The van der Waals surface area contributed by atoms with Crippen molar-refractivity contribution < 1.29 is 28.6 Å². The van der Waals surface area contributed by atoms with Crippen LogP contribution in [-0.2, 0) is 30.4 Å². The number of hydrogen-bond donors (Lipinski definition) is 0. The van der Waals surface area contributed by atoms with E-state index in [1.54, 1.807) is 13.8 Å². The third-order valence-corrected chi connectivity index (χ3v) is 4.40. The zero-order chi connectivity index (χ0) is 20.4. The van der Waals surface area contributed by atoms with E-state index in [1.165, 1.54) is 4.90 Å². The van der Waals surface area contributed by atoms with E-state index in [9.17, 15) is 14.4 Å². The Morgan fingerprint density at radius 3 is 2.39 bits per heavy atom. The lowest BCUT2D eigenvalue weighted by Crippen LogP contribution is -2.58. The number of benzene rings is 1. The number of rotatable bonds is 8. The van der Waals surface area contributed by atoms with Gasteiger partial charge in [0.15, 0.2) is 0 Å². The second kappa shape index (κ2) is 11.3. The molecule has 1 unspecified atom stereocenters. The van der Waals surface area contributed by atoms with Gasteiger partial charge < -0.3 is 14.2 Å². The van der Waals surface area contributed by atoms with E-state index in [0.717, 1.165) is 5.56 Å². The van der Waals surface area contributed by atoms with Crippen LogP contribution in [0.5, 0.6) is 0 Å². The van der Waals surface area contributed by atoms with E-state index in [4.69, 9.17) is 14.2 Å². The van der Waals surface area contributed by atoms with Crippen LogP contribution in [0.3, 0.4) is 0 Å². The number of amides is 1. The number of carbonyl (C=O) groups is 3. The van der Waals surface area contributed by atoms with Gasteiger partial charge >= 0.3 is 18.0 Å². The Labute approximate surface area is 165 Å². The van der Waals surface area contributed by atoms with Crippen molar-refractivity contribution in [1.29, 1.82) is 0 Å². The molecule has 2 rings (SSSR count). The molecule has 1 amide bonds. The Hall–Kier alpha value is -2.61. The van der Waals surface area contributed by atoms with E-state index < -0.39 is 18.1 Å². The minimum atomic E-state index is -0.765. The number of piperazine rings is 1. The second-order valence-corrected chi connectivity index (χ2v) is 6.36. The van der Waals surface area contributed by atoms with Gasteiger partial charge in [0, 0.05) is 26.2 Å². The molecular weight excluding hydrogens is 364 g/mol. The van der Waals surface area contributed by atoms with Gasteiger partial charge in [0.05, 0.1) is 19.6 Å². The Morgan fingerprint density at radius 2 is 1.71 bits per heavy atom. The second-order valence-electron chi connectivity index (χ2n) is 6.36. The Morgan fingerprint density at radius 1 is 1.00 bits per heavy atom. The van der Waals surface area contributed by atoms with E-state index in [0.29, 0.717) is 32.8 Å². The summed E-state index contributed by atoms with van der Waals surface area (Å²) in [7, 11) is 0. The highest BCUT2D eigenvalue weighted by Gasteiger charge is 2.37. The van der Waals surface area contributed by atoms with E-state index in [1.807, 2.05) is 35.2 Å². The van der Waals surface area contributed by atoms with Crippen molar-refractivity contribution in [1.82, 2.24) is 9.80 Å². The van der Waals surface area contributed by atoms with Gasteiger partial charge in [-0.25, -0.2) is 9.59 Å². The quantitative estimate of drug-likeness (QED) is 0.493. The molecule has 0 radical (unpaired) electrons. The number of carbonyl (C=O) groups excluding carboxylic acids is 3. The zero-order valence-corrected chi connectivity index (χ0v) is 16.5. The van der Waals surface area contributed by atoms with Crippen LogP contribution in [0.1, 0.15) is 25.8 Å². The number of hydrogen-bond acceptors (Lipinski definition) is 7. The molecule has 8 nitrogen and oxygen atoms in total. The minimum Gasteiger partial charge on any atom is -0.466 e. The number of esters is 2. The lowest BCUT2D eigenvalue weighted by molar-refractivity contribution is -0.151. The zero-order valence-electron chi connectivity index (χ0n) is 16.5. The molecule has 0 bridgehead atoms. The maximum atomic E-state index is 12.6. The van der Waals surface area contributed by atoms with Crippen molar-refractivity contribution in [2.24, 2.45) is 0 Å². The Balaban J connectivity index is 1.95. The molecule has 1 aromatic carbocycles. The van der Waals surface area contributed by atoms with Gasteiger partial charge in [-0.3, -0.25) is 14.6 Å². The SMILES string of the molecule is CCOC(=O)CCN1CCN(C(=O)OCc2ccccc2)C(C(=O)OCC)C1. The topological polar surface area (TPSA) is 85.4 Å². The van der Waals surface area contributed by atoms with Crippen LogP contribution >= 0.6 is 0 Å². The smallest absolute Gasteiger partial charge is 0.410 e. The highest BCUT2D eigenvalue weighted by Crippen LogP contribution is 2.15. The van der Waals surface area contributed by atoms with Crippen LogP contribution in [0.15, 0.2) is 30.3 Å². The van der Waals surface area contributed by atoms with Gasteiger partial charge in [-0.1, -0.05) is 30.3 Å². The highest BCUT2D eigenvalue weighted by molar-refractivity contribution is 5.82. The molecule has 1 fully saturated rings. The standard InChI is InChI=1S/C20H28N2O6/c1-3-26-18(23)10-11-21-12-13-22(17(14-21)19(24)27-4-2)20(25)28-15-16-8-6-5-7-9-16/h5-9,17H,3-4,10-15H2,1-2H3. The summed E-state index contributed by atoms with van der Waals surface area (Å²) in [6.07, 6.45) is -0.311. The summed E-state index contributed by atoms with van der Waals surface area (Å²) in [4.78, 5) is 39.9. The van der Waals surface area contributed by atoms with Crippen LogP contribution in [0, 0.1) is 0 Å². The molecule has 0 aliphatic carbocycles. The number of nitrogens with zero attached hydrogens (tertiary/aromatic N) is 2. The fourth-order valence-electron chi connectivity index (χ4n) is 2.99. The summed E-state index contributed by atoms with van der Waals surface area (Å²) in [6, 6.07) is 8.59. The predicted molar refractivity (Wildman–Crippen MR) is 101 cm³/mol. The minimum absolute atomic E-state index is 0.137. The van der Waals surface area contributed by atoms with Crippen LogP contribution < -0.4 is 0 Å². The van der Waals surface area contributed by atoms with E-state index in [2.05, 4.69) is 0 Å². The molecule has 1 saturated heterocycles. The summed E-state index contributed by atoms with van der Waals surface area (Å²) in [6.45, 7) is 5.79. The summed E-state index contributed by atoms with van der Waals surface area (Å²) in [5.74, 6) is -0.750. The first-order chi connectivity index (χ1) is 13.5. The fraction of sp³-hybridized carbons (Fsp3) is 0.550. The van der Waals surface area contributed by atoms with Crippen molar-refractivity contribution in [2.75, 3.05) is 39.4 Å². The molecule has 8 heteroatoms. The highest BCUT2D eigenvalue weighted by atomic mass is 16.6. The van der Waals surface area contributed by atoms with Crippen molar-refractivity contribution in [2.45, 2.75) is 32.9 Å². The van der Waals surface area contributed by atoms with Crippen molar-refractivity contribution in [3.8, 4) is 0 Å². The third kappa shape index (κ3) is 6.53. The van der Waals surface area contributed by atoms with Gasteiger partial charge in [0.25, 0.3) is 0 Å². The molecule has 1 atom stereocenters. The van der Waals surface area contributed by atoms with E-state index >= 15 is 0 Å². The molecular formula is C20H28N2O6. The molecule has 1 aliphatic rings. The molecule has 28 heavy (non-hydrogen) atoms. The first-order valence-corrected chi connectivity index (χ1v) is 9.57. The van der Waals surface area contributed by atoms with Gasteiger partial charge in [-0.2, -0.15) is 0 Å². The molecule has 0 aromatic heterocycles. The molecule has 0 spiro atoms. The van der Waals surface area contributed by atoms with Crippen LogP contribution in [0.25, 0.3) is 0 Å². The van der Waals surface area contributed by atoms with Crippen molar-refractivity contribution in [3.63, 3.8) is 0 Å². The van der Waals surface area contributed by atoms with Crippen molar-refractivity contribution >= 4 is 18.0 Å². The summed E-state index contributed by atoms with van der Waals surface area (Å²) < 4.78 is 15.4. The van der Waals surface area contributed by atoms with Crippen molar-refractivity contribution in [3.05, 3.63) is 35.9 Å². The maximum absolute atomic E-state index is 12.6. The molecule has 1 aromatic rings. The molecule has 0 saturated carbocycles. The molecule has 0 N–H and O–H groups in total. The average Bonchev–Trinajstić information content (AvgIpc) is 2.71. The fourth-order valence-corrected chi connectivity index (χ4v) is 2.99. The van der Waals surface area contributed by atoms with Gasteiger partial charge in [0.2, 0.25) is 0 Å². The summed E-state index contributed by atoms with van der Waals surface area (Å²) in [5.41, 5.74) is 0.872. The third-order valence-electron chi connectivity index (χ3n) is 4.40. The lowest BCUT2D eigenvalue weighted by Gasteiger charge is -2.39. The lowest BCUT2D eigenvalue weighted by atomic mass is 10.1. The first-order valence-electron chi connectivity index (χ1n) is 9.57. The molecule has 1 heterocycles. The normalized spacial score (nSPS) is 17.1. The first kappa shape index (κ1) is 21.7. The van der Waals surface area contributed by atoms with Crippen LogP contribution in [0.4, 0.5) is 4.79 Å². The molecule has 154 valence electrons. The van der Waals surface area contributed by atoms with Gasteiger partial charge in [-0.15, -0.1) is 0 Å². The maximum Gasteiger partial charge on any atom is 0.410 e. The largest absolute Gasteiger partial charge is 0.466 e. The molecule has 1 aliphatic heterocycles. The Kier molecular flexibility index (Phi) is 8.74.